The number of hydrogen-bond acceptors (Lipinski definition) is 5. The van der Waals surface area contributed by atoms with Crippen molar-refractivity contribution in [2.45, 2.75) is 18.9 Å². The number of rotatable bonds is 6. The van der Waals surface area contributed by atoms with Crippen LogP contribution in [0.4, 0.5) is 5.69 Å². The number of carbonyl (C=O) groups is 1. The number of amides is 1. The minimum Gasteiger partial charge on any atom is -0.491 e. The molecule has 3 aromatic rings. The summed E-state index contributed by atoms with van der Waals surface area (Å²) in [5, 5.41) is 5.49. The molecule has 1 aromatic heterocycles. The fourth-order valence-corrected chi connectivity index (χ4v) is 3.72. The van der Waals surface area contributed by atoms with Gasteiger partial charge in [-0.15, -0.1) is 11.3 Å². The van der Waals surface area contributed by atoms with E-state index < -0.39 is 0 Å². The van der Waals surface area contributed by atoms with Crippen LogP contribution in [0.5, 0.6) is 5.75 Å². The first-order valence-corrected chi connectivity index (χ1v) is 9.83. The van der Waals surface area contributed by atoms with E-state index in [9.17, 15) is 4.79 Å². The van der Waals surface area contributed by atoms with Gasteiger partial charge < -0.3 is 14.8 Å². The Kier molecular flexibility index (Phi) is 5.46. The predicted molar refractivity (Wildman–Crippen MR) is 106 cm³/mol. The van der Waals surface area contributed by atoms with E-state index in [2.05, 4.69) is 10.3 Å². The molecular weight excluding hydrogens is 360 g/mol. The van der Waals surface area contributed by atoms with E-state index in [1.54, 1.807) is 5.38 Å². The zero-order chi connectivity index (χ0) is 18.5. The SMILES string of the molecule is O=C(Nc1cccc(OCC2CCCO2)c1)c1csc(-c2ccccc2)n1. The summed E-state index contributed by atoms with van der Waals surface area (Å²) in [6.07, 6.45) is 2.28. The fourth-order valence-electron chi connectivity index (χ4n) is 2.92. The zero-order valence-corrected chi connectivity index (χ0v) is 15.6. The summed E-state index contributed by atoms with van der Waals surface area (Å²) in [6.45, 7) is 1.34. The molecule has 0 radical (unpaired) electrons. The van der Waals surface area contributed by atoms with Gasteiger partial charge in [-0.3, -0.25) is 4.79 Å². The van der Waals surface area contributed by atoms with Crippen LogP contribution in [0.3, 0.4) is 0 Å². The van der Waals surface area contributed by atoms with Crippen molar-refractivity contribution in [1.82, 2.24) is 4.98 Å². The molecule has 0 bridgehead atoms. The molecule has 1 N–H and O–H groups in total. The van der Waals surface area contributed by atoms with E-state index in [-0.39, 0.29) is 12.0 Å². The number of nitrogens with zero attached hydrogens (tertiary/aromatic N) is 1. The molecule has 2 aromatic carbocycles. The number of hydrogen-bond donors (Lipinski definition) is 1. The van der Waals surface area contributed by atoms with Crippen molar-refractivity contribution in [2.24, 2.45) is 0 Å². The van der Waals surface area contributed by atoms with E-state index in [1.807, 2.05) is 54.6 Å². The van der Waals surface area contributed by atoms with Crippen LogP contribution in [0.15, 0.2) is 60.0 Å². The Morgan fingerprint density at radius 2 is 2.11 bits per heavy atom. The summed E-state index contributed by atoms with van der Waals surface area (Å²) in [5.41, 5.74) is 2.09. The lowest BCUT2D eigenvalue weighted by Gasteiger charge is -2.12. The predicted octanol–water partition coefficient (Wildman–Crippen LogP) is 4.62. The fraction of sp³-hybridized carbons (Fsp3) is 0.238. The minimum atomic E-state index is -0.232. The van der Waals surface area contributed by atoms with Gasteiger partial charge in [0.15, 0.2) is 0 Å². The summed E-state index contributed by atoms with van der Waals surface area (Å²) in [4.78, 5) is 17.0. The second-order valence-electron chi connectivity index (χ2n) is 6.33. The molecular formula is C21H20N2O3S. The molecule has 1 fully saturated rings. The Labute approximate surface area is 162 Å². The minimum absolute atomic E-state index is 0.162. The van der Waals surface area contributed by atoms with Gasteiger partial charge in [0.25, 0.3) is 5.91 Å². The van der Waals surface area contributed by atoms with E-state index in [0.29, 0.717) is 23.7 Å². The first-order valence-electron chi connectivity index (χ1n) is 8.95. The van der Waals surface area contributed by atoms with Gasteiger partial charge in [-0.05, 0) is 25.0 Å². The van der Waals surface area contributed by atoms with Crippen molar-refractivity contribution >= 4 is 22.9 Å². The van der Waals surface area contributed by atoms with E-state index in [4.69, 9.17) is 9.47 Å². The van der Waals surface area contributed by atoms with Gasteiger partial charge in [0.1, 0.15) is 23.1 Å². The van der Waals surface area contributed by atoms with Crippen molar-refractivity contribution in [3.05, 3.63) is 65.7 Å². The van der Waals surface area contributed by atoms with E-state index in [1.165, 1.54) is 11.3 Å². The van der Waals surface area contributed by atoms with Crippen molar-refractivity contribution in [2.75, 3.05) is 18.5 Å². The molecule has 1 aliphatic heterocycles. The summed E-state index contributed by atoms with van der Waals surface area (Å²) < 4.78 is 11.4. The van der Waals surface area contributed by atoms with Gasteiger partial charge in [-0.1, -0.05) is 36.4 Å². The lowest BCUT2D eigenvalue weighted by atomic mass is 10.2. The monoisotopic (exact) mass is 380 g/mol. The van der Waals surface area contributed by atoms with Gasteiger partial charge in [0, 0.05) is 29.3 Å². The molecule has 1 saturated heterocycles. The molecule has 138 valence electrons. The Bertz CT molecular complexity index is 905. The number of nitrogens with one attached hydrogen (secondary N) is 1. The molecule has 1 amide bonds. The zero-order valence-electron chi connectivity index (χ0n) is 14.8. The van der Waals surface area contributed by atoms with Crippen LogP contribution in [0.2, 0.25) is 0 Å². The van der Waals surface area contributed by atoms with Gasteiger partial charge in [-0.25, -0.2) is 4.98 Å². The van der Waals surface area contributed by atoms with Gasteiger partial charge in [0.05, 0.1) is 6.10 Å². The highest BCUT2D eigenvalue weighted by atomic mass is 32.1. The maximum Gasteiger partial charge on any atom is 0.275 e. The third-order valence-corrected chi connectivity index (χ3v) is 5.20. The Morgan fingerprint density at radius 3 is 2.93 bits per heavy atom. The van der Waals surface area contributed by atoms with Crippen LogP contribution in [0.25, 0.3) is 10.6 Å². The Balaban J connectivity index is 1.39. The van der Waals surface area contributed by atoms with E-state index >= 15 is 0 Å². The summed E-state index contributed by atoms with van der Waals surface area (Å²) in [7, 11) is 0. The third-order valence-electron chi connectivity index (χ3n) is 4.31. The summed E-state index contributed by atoms with van der Waals surface area (Å²) in [6, 6.07) is 17.2. The van der Waals surface area contributed by atoms with Crippen molar-refractivity contribution in [3.63, 3.8) is 0 Å². The lowest BCUT2D eigenvalue weighted by Crippen LogP contribution is -2.16. The average molecular weight is 380 g/mol. The van der Waals surface area contributed by atoms with E-state index in [0.717, 1.165) is 30.0 Å². The quantitative estimate of drug-likeness (QED) is 0.678. The summed E-state index contributed by atoms with van der Waals surface area (Å²) >= 11 is 1.46. The maximum absolute atomic E-state index is 12.5. The highest BCUT2D eigenvalue weighted by Gasteiger charge is 2.16. The van der Waals surface area contributed by atoms with Gasteiger partial charge in [0.2, 0.25) is 0 Å². The summed E-state index contributed by atoms with van der Waals surface area (Å²) in [5.74, 6) is 0.483. The first-order chi connectivity index (χ1) is 13.3. The van der Waals surface area contributed by atoms with Crippen LogP contribution < -0.4 is 10.1 Å². The number of anilines is 1. The average Bonchev–Trinajstić information content (AvgIpc) is 3.39. The number of aromatic nitrogens is 1. The standard InChI is InChI=1S/C21H20N2O3S/c24-20(19-14-27-21(23-19)15-6-2-1-3-7-15)22-16-8-4-9-17(12-16)26-13-18-10-5-11-25-18/h1-4,6-9,12,14,18H,5,10-11,13H2,(H,22,24). The molecule has 2 heterocycles. The molecule has 6 heteroatoms. The maximum atomic E-state index is 12.5. The van der Waals surface area contributed by atoms with Crippen molar-refractivity contribution < 1.29 is 14.3 Å². The Hall–Kier alpha value is -2.70. The number of benzene rings is 2. The highest BCUT2D eigenvalue weighted by molar-refractivity contribution is 7.13. The topological polar surface area (TPSA) is 60.5 Å². The first kappa shape index (κ1) is 17.7. The largest absolute Gasteiger partial charge is 0.491 e. The highest BCUT2D eigenvalue weighted by Crippen LogP contribution is 2.24. The lowest BCUT2D eigenvalue weighted by molar-refractivity contribution is 0.0680. The molecule has 0 aliphatic carbocycles. The molecule has 0 saturated carbocycles. The molecule has 1 atom stereocenters. The second kappa shape index (κ2) is 8.33. The van der Waals surface area contributed by atoms with Crippen LogP contribution in [-0.4, -0.2) is 30.2 Å². The molecule has 0 spiro atoms. The molecule has 4 rings (SSSR count). The van der Waals surface area contributed by atoms with Crippen LogP contribution >= 0.6 is 11.3 Å². The van der Waals surface area contributed by atoms with Crippen LogP contribution in [-0.2, 0) is 4.74 Å². The number of thiazole rings is 1. The number of carbonyl (C=O) groups excluding carboxylic acids is 1. The van der Waals surface area contributed by atoms with Crippen LogP contribution in [0.1, 0.15) is 23.3 Å². The molecule has 1 unspecified atom stereocenters. The number of ether oxygens (including phenoxy) is 2. The van der Waals surface area contributed by atoms with Crippen LogP contribution in [0, 0.1) is 0 Å². The van der Waals surface area contributed by atoms with Gasteiger partial charge in [-0.2, -0.15) is 0 Å². The van der Waals surface area contributed by atoms with Crippen molar-refractivity contribution in [3.8, 4) is 16.3 Å². The second-order valence-corrected chi connectivity index (χ2v) is 7.19. The normalized spacial score (nSPS) is 16.2. The van der Waals surface area contributed by atoms with Gasteiger partial charge >= 0.3 is 0 Å². The van der Waals surface area contributed by atoms with Crippen molar-refractivity contribution in [1.29, 1.82) is 0 Å². The molecule has 1 aliphatic rings. The molecule has 5 nitrogen and oxygen atoms in total. The molecule has 27 heavy (non-hydrogen) atoms. The third kappa shape index (κ3) is 4.53. The smallest absolute Gasteiger partial charge is 0.275 e. The Morgan fingerprint density at radius 1 is 1.22 bits per heavy atom.